The van der Waals surface area contributed by atoms with Gasteiger partial charge in [0.05, 0.1) is 12.6 Å². The fourth-order valence-corrected chi connectivity index (χ4v) is 2.38. The van der Waals surface area contributed by atoms with E-state index in [-0.39, 0.29) is 11.9 Å². The summed E-state index contributed by atoms with van der Waals surface area (Å²) in [7, 11) is 0. The number of hydrogen-bond donors (Lipinski definition) is 2. The van der Waals surface area contributed by atoms with E-state index in [0.717, 1.165) is 11.3 Å². The van der Waals surface area contributed by atoms with Gasteiger partial charge in [0.25, 0.3) is 0 Å². The molecule has 2 aromatic rings. The highest BCUT2D eigenvalue weighted by Gasteiger charge is 2.14. The second-order valence-electron chi connectivity index (χ2n) is 4.66. The standard InChI is InChI=1S/C16H18ClFN2O/c1-2-21-14-5-3-4-11(9-14)16(20-19)10-12-8-13(18)6-7-15(12)17/h3-9,16,20H,2,10,19H2,1H3. The molecule has 112 valence electrons. The smallest absolute Gasteiger partial charge is 0.123 e. The van der Waals surface area contributed by atoms with E-state index in [1.807, 2.05) is 31.2 Å². The monoisotopic (exact) mass is 308 g/mol. The largest absolute Gasteiger partial charge is 0.494 e. The predicted molar refractivity (Wildman–Crippen MR) is 82.8 cm³/mol. The number of hydrazine groups is 1. The average molecular weight is 309 g/mol. The van der Waals surface area contributed by atoms with Gasteiger partial charge in [0.1, 0.15) is 11.6 Å². The lowest BCUT2D eigenvalue weighted by Gasteiger charge is -2.18. The van der Waals surface area contributed by atoms with Crippen LogP contribution >= 0.6 is 11.6 Å². The first-order valence-electron chi connectivity index (χ1n) is 6.77. The first-order valence-corrected chi connectivity index (χ1v) is 7.14. The van der Waals surface area contributed by atoms with Crippen molar-refractivity contribution in [2.75, 3.05) is 6.61 Å². The van der Waals surface area contributed by atoms with E-state index in [0.29, 0.717) is 23.6 Å². The van der Waals surface area contributed by atoms with Gasteiger partial charge in [-0.25, -0.2) is 4.39 Å². The first-order chi connectivity index (χ1) is 10.1. The third-order valence-electron chi connectivity index (χ3n) is 3.20. The number of halogens is 2. The minimum absolute atomic E-state index is 0.176. The van der Waals surface area contributed by atoms with Crippen LogP contribution in [0.2, 0.25) is 5.02 Å². The van der Waals surface area contributed by atoms with Crippen LogP contribution in [0.5, 0.6) is 5.75 Å². The summed E-state index contributed by atoms with van der Waals surface area (Å²) in [4.78, 5) is 0. The van der Waals surface area contributed by atoms with Gasteiger partial charge in [-0.15, -0.1) is 0 Å². The van der Waals surface area contributed by atoms with Gasteiger partial charge < -0.3 is 4.74 Å². The van der Waals surface area contributed by atoms with Gasteiger partial charge >= 0.3 is 0 Å². The van der Waals surface area contributed by atoms with Crippen LogP contribution in [0.4, 0.5) is 4.39 Å². The summed E-state index contributed by atoms with van der Waals surface area (Å²) in [5.41, 5.74) is 4.42. The molecule has 1 unspecified atom stereocenters. The molecule has 0 aliphatic heterocycles. The maximum absolute atomic E-state index is 13.3. The Hall–Kier alpha value is -1.62. The van der Waals surface area contributed by atoms with Crippen molar-refractivity contribution in [2.24, 2.45) is 5.84 Å². The van der Waals surface area contributed by atoms with Gasteiger partial charge in [-0.3, -0.25) is 11.3 Å². The zero-order valence-electron chi connectivity index (χ0n) is 11.8. The van der Waals surface area contributed by atoms with Gasteiger partial charge in [-0.05, 0) is 54.8 Å². The molecule has 21 heavy (non-hydrogen) atoms. The van der Waals surface area contributed by atoms with Crippen LogP contribution in [0.15, 0.2) is 42.5 Å². The second kappa shape index (κ2) is 7.41. The molecule has 0 spiro atoms. The zero-order valence-corrected chi connectivity index (χ0v) is 12.5. The molecule has 0 amide bonds. The second-order valence-corrected chi connectivity index (χ2v) is 5.07. The van der Waals surface area contributed by atoms with E-state index in [2.05, 4.69) is 5.43 Å². The fraction of sp³-hybridized carbons (Fsp3) is 0.250. The van der Waals surface area contributed by atoms with Crippen molar-refractivity contribution in [2.45, 2.75) is 19.4 Å². The van der Waals surface area contributed by atoms with Gasteiger partial charge in [0.2, 0.25) is 0 Å². The lowest BCUT2D eigenvalue weighted by atomic mass is 9.99. The van der Waals surface area contributed by atoms with Crippen LogP contribution in [0.1, 0.15) is 24.1 Å². The summed E-state index contributed by atoms with van der Waals surface area (Å²) in [6.45, 7) is 2.53. The molecule has 2 aromatic carbocycles. The van der Waals surface area contributed by atoms with Crippen LogP contribution in [-0.4, -0.2) is 6.61 Å². The summed E-state index contributed by atoms with van der Waals surface area (Å²) in [5, 5.41) is 0.526. The van der Waals surface area contributed by atoms with Crippen molar-refractivity contribution < 1.29 is 9.13 Å². The highest BCUT2D eigenvalue weighted by molar-refractivity contribution is 6.31. The third-order valence-corrected chi connectivity index (χ3v) is 3.57. The van der Waals surface area contributed by atoms with Crippen molar-refractivity contribution in [3.8, 4) is 5.75 Å². The molecule has 0 aromatic heterocycles. The van der Waals surface area contributed by atoms with E-state index in [9.17, 15) is 4.39 Å². The number of ether oxygens (including phenoxy) is 1. The summed E-state index contributed by atoms with van der Waals surface area (Å²) in [6.07, 6.45) is 0.489. The summed E-state index contributed by atoms with van der Waals surface area (Å²) in [5.74, 6) is 6.10. The van der Waals surface area contributed by atoms with E-state index in [1.54, 1.807) is 6.07 Å². The Balaban J connectivity index is 2.23. The molecule has 0 aliphatic rings. The molecule has 0 aliphatic carbocycles. The lowest BCUT2D eigenvalue weighted by Crippen LogP contribution is -2.29. The molecule has 0 heterocycles. The number of nitrogens with two attached hydrogens (primary N) is 1. The summed E-state index contributed by atoms with van der Waals surface area (Å²) >= 11 is 6.11. The molecule has 3 nitrogen and oxygen atoms in total. The first kappa shape index (κ1) is 15.8. The van der Waals surface area contributed by atoms with Crippen LogP contribution in [-0.2, 0) is 6.42 Å². The molecule has 3 N–H and O–H groups in total. The van der Waals surface area contributed by atoms with Gasteiger partial charge in [-0.2, -0.15) is 0 Å². The zero-order chi connectivity index (χ0) is 15.2. The van der Waals surface area contributed by atoms with Crippen LogP contribution in [0, 0.1) is 5.82 Å². The van der Waals surface area contributed by atoms with E-state index in [1.165, 1.54) is 12.1 Å². The van der Waals surface area contributed by atoms with Gasteiger partial charge in [0, 0.05) is 5.02 Å². The Morgan fingerprint density at radius 2 is 2.10 bits per heavy atom. The Labute approximate surface area is 128 Å². The normalized spacial score (nSPS) is 12.2. The fourth-order valence-electron chi connectivity index (χ4n) is 2.18. The van der Waals surface area contributed by atoms with Crippen molar-refractivity contribution >= 4 is 11.6 Å². The van der Waals surface area contributed by atoms with Crippen molar-refractivity contribution in [1.29, 1.82) is 0 Å². The Morgan fingerprint density at radius 3 is 2.81 bits per heavy atom. The van der Waals surface area contributed by atoms with E-state index in [4.69, 9.17) is 22.2 Å². The Morgan fingerprint density at radius 1 is 1.29 bits per heavy atom. The highest BCUT2D eigenvalue weighted by atomic mass is 35.5. The molecule has 0 saturated carbocycles. The highest BCUT2D eigenvalue weighted by Crippen LogP contribution is 2.26. The van der Waals surface area contributed by atoms with Gasteiger partial charge in [0.15, 0.2) is 0 Å². The molecule has 2 rings (SSSR count). The number of hydrogen-bond acceptors (Lipinski definition) is 3. The average Bonchev–Trinajstić information content (AvgIpc) is 2.49. The molecule has 5 heteroatoms. The maximum Gasteiger partial charge on any atom is 0.123 e. The van der Waals surface area contributed by atoms with E-state index >= 15 is 0 Å². The van der Waals surface area contributed by atoms with Crippen LogP contribution in [0.25, 0.3) is 0 Å². The lowest BCUT2D eigenvalue weighted by molar-refractivity contribution is 0.339. The molecule has 0 bridgehead atoms. The molecule has 0 fully saturated rings. The Bertz CT molecular complexity index is 607. The third kappa shape index (κ3) is 4.17. The van der Waals surface area contributed by atoms with Crippen LogP contribution in [0.3, 0.4) is 0 Å². The molecular weight excluding hydrogens is 291 g/mol. The minimum Gasteiger partial charge on any atom is -0.494 e. The quantitative estimate of drug-likeness (QED) is 0.633. The molecule has 0 saturated heterocycles. The number of benzene rings is 2. The van der Waals surface area contributed by atoms with Crippen molar-refractivity contribution in [3.63, 3.8) is 0 Å². The van der Waals surface area contributed by atoms with Gasteiger partial charge in [-0.1, -0.05) is 23.7 Å². The Kier molecular flexibility index (Phi) is 5.56. The maximum atomic E-state index is 13.3. The minimum atomic E-state index is -0.312. The van der Waals surface area contributed by atoms with E-state index < -0.39 is 0 Å². The summed E-state index contributed by atoms with van der Waals surface area (Å²) in [6, 6.07) is 11.8. The van der Waals surface area contributed by atoms with Crippen LogP contribution < -0.4 is 16.0 Å². The topological polar surface area (TPSA) is 47.3 Å². The van der Waals surface area contributed by atoms with Crippen molar-refractivity contribution in [3.05, 3.63) is 64.4 Å². The predicted octanol–water partition coefficient (Wildman–Crippen LogP) is 3.62. The number of nitrogens with one attached hydrogen (secondary N) is 1. The SMILES string of the molecule is CCOc1cccc(C(Cc2cc(F)ccc2Cl)NN)c1. The van der Waals surface area contributed by atoms with Crippen molar-refractivity contribution in [1.82, 2.24) is 5.43 Å². The molecule has 1 atom stereocenters. The number of rotatable bonds is 6. The molecule has 0 radical (unpaired) electrons. The molecular formula is C16H18ClFN2O. The summed E-state index contributed by atoms with van der Waals surface area (Å²) < 4.78 is 18.8.